The second-order valence-corrected chi connectivity index (χ2v) is 5.29. The molecule has 1 aromatic carbocycles. The SMILES string of the molecule is Nc1c2c(cc(=O)n1-c1c(Cl)ccc(O)c1Cl)C(=O)NC2=O. The maximum Gasteiger partial charge on any atom is 0.262 e. The molecule has 0 fully saturated rings. The van der Waals surface area contributed by atoms with Gasteiger partial charge in [-0.3, -0.25) is 24.3 Å². The van der Waals surface area contributed by atoms with E-state index in [1.54, 1.807) is 0 Å². The number of aromatic nitrogens is 1. The first-order chi connectivity index (χ1) is 10.3. The van der Waals surface area contributed by atoms with Gasteiger partial charge in [0.15, 0.2) is 0 Å². The van der Waals surface area contributed by atoms with Crippen molar-refractivity contribution in [3.05, 3.63) is 49.7 Å². The van der Waals surface area contributed by atoms with Gasteiger partial charge in [0.25, 0.3) is 17.4 Å². The van der Waals surface area contributed by atoms with E-state index < -0.39 is 17.4 Å². The summed E-state index contributed by atoms with van der Waals surface area (Å²) in [7, 11) is 0. The topological polar surface area (TPSA) is 114 Å². The smallest absolute Gasteiger partial charge is 0.262 e. The number of rotatable bonds is 1. The number of amides is 2. The third-order valence-electron chi connectivity index (χ3n) is 3.22. The molecule has 0 atom stereocenters. The van der Waals surface area contributed by atoms with Crippen LogP contribution >= 0.6 is 23.2 Å². The van der Waals surface area contributed by atoms with Crippen LogP contribution in [0.5, 0.6) is 5.75 Å². The number of carbonyl (C=O) groups is 2. The van der Waals surface area contributed by atoms with Crippen molar-refractivity contribution < 1.29 is 14.7 Å². The number of carbonyl (C=O) groups excluding carboxylic acids is 2. The van der Waals surface area contributed by atoms with Crippen molar-refractivity contribution in [3.8, 4) is 11.4 Å². The number of aromatic hydroxyl groups is 1. The lowest BCUT2D eigenvalue weighted by atomic mass is 10.1. The minimum Gasteiger partial charge on any atom is -0.506 e. The number of benzene rings is 1. The molecule has 0 saturated carbocycles. The summed E-state index contributed by atoms with van der Waals surface area (Å²) in [5.41, 5.74) is 4.82. The second kappa shape index (κ2) is 4.75. The Morgan fingerprint density at radius 1 is 1.14 bits per heavy atom. The number of hydrogen-bond acceptors (Lipinski definition) is 5. The van der Waals surface area contributed by atoms with Crippen LogP contribution in [0.2, 0.25) is 10.0 Å². The highest BCUT2D eigenvalue weighted by molar-refractivity contribution is 6.38. The number of nitrogens with zero attached hydrogens (tertiary/aromatic N) is 1. The van der Waals surface area contributed by atoms with E-state index in [1.165, 1.54) is 12.1 Å². The molecule has 0 radical (unpaired) electrons. The lowest BCUT2D eigenvalue weighted by Crippen LogP contribution is -2.24. The number of phenolic OH excluding ortho intramolecular Hbond substituents is 1. The molecule has 22 heavy (non-hydrogen) atoms. The third-order valence-corrected chi connectivity index (χ3v) is 3.90. The zero-order chi connectivity index (χ0) is 16.2. The second-order valence-electron chi connectivity index (χ2n) is 4.50. The molecule has 0 saturated heterocycles. The number of phenols is 1. The molecule has 4 N–H and O–H groups in total. The van der Waals surface area contributed by atoms with Gasteiger partial charge in [0.1, 0.15) is 16.6 Å². The van der Waals surface area contributed by atoms with Gasteiger partial charge < -0.3 is 10.8 Å². The van der Waals surface area contributed by atoms with E-state index in [1.807, 2.05) is 5.32 Å². The number of nitrogens with two attached hydrogens (primary N) is 1. The van der Waals surface area contributed by atoms with Crippen LogP contribution in [0.3, 0.4) is 0 Å². The summed E-state index contributed by atoms with van der Waals surface area (Å²) in [5, 5.41) is 11.6. The van der Waals surface area contributed by atoms with Crippen molar-refractivity contribution >= 4 is 40.8 Å². The van der Waals surface area contributed by atoms with Gasteiger partial charge in [-0.15, -0.1) is 0 Å². The molecule has 1 aromatic heterocycles. The largest absolute Gasteiger partial charge is 0.506 e. The molecule has 0 aliphatic carbocycles. The molecular weight excluding hydrogens is 333 g/mol. The van der Waals surface area contributed by atoms with Crippen LogP contribution < -0.4 is 16.6 Å². The molecule has 2 amide bonds. The number of anilines is 1. The van der Waals surface area contributed by atoms with Gasteiger partial charge in [-0.2, -0.15) is 0 Å². The number of pyridine rings is 1. The molecule has 1 aliphatic heterocycles. The predicted molar refractivity (Wildman–Crippen MR) is 79.9 cm³/mol. The Morgan fingerprint density at radius 3 is 2.50 bits per heavy atom. The highest BCUT2D eigenvalue weighted by Crippen LogP contribution is 2.36. The van der Waals surface area contributed by atoms with Crippen molar-refractivity contribution in [2.75, 3.05) is 5.73 Å². The fourth-order valence-electron chi connectivity index (χ4n) is 2.25. The molecule has 0 spiro atoms. The molecule has 112 valence electrons. The maximum absolute atomic E-state index is 12.3. The van der Waals surface area contributed by atoms with E-state index in [0.717, 1.165) is 10.6 Å². The van der Waals surface area contributed by atoms with Gasteiger partial charge in [0.2, 0.25) is 0 Å². The first-order valence-corrected chi connectivity index (χ1v) is 6.67. The molecule has 3 rings (SSSR count). The van der Waals surface area contributed by atoms with Gasteiger partial charge in [0, 0.05) is 6.07 Å². The average Bonchev–Trinajstić information content (AvgIpc) is 2.73. The van der Waals surface area contributed by atoms with Crippen LogP contribution in [0, 0.1) is 0 Å². The van der Waals surface area contributed by atoms with Gasteiger partial charge in [-0.1, -0.05) is 23.2 Å². The first-order valence-electron chi connectivity index (χ1n) is 5.91. The van der Waals surface area contributed by atoms with E-state index in [0.29, 0.717) is 0 Å². The Balaban J connectivity index is 2.43. The molecule has 2 aromatic rings. The van der Waals surface area contributed by atoms with Crippen molar-refractivity contribution in [2.24, 2.45) is 0 Å². The standard InChI is InChI=1S/C13H7Cl2N3O4/c14-5-1-2-6(19)9(15)10(5)18-7(20)3-4-8(11(18)16)13(22)17-12(4)21/h1-3,19H,16H2,(H,17,21,22). The summed E-state index contributed by atoms with van der Waals surface area (Å²) in [6.07, 6.45) is 0. The van der Waals surface area contributed by atoms with E-state index in [4.69, 9.17) is 28.9 Å². The summed E-state index contributed by atoms with van der Waals surface area (Å²) >= 11 is 12.0. The van der Waals surface area contributed by atoms with E-state index in [-0.39, 0.29) is 38.4 Å². The van der Waals surface area contributed by atoms with Crippen LogP contribution in [0.15, 0.2) is 23.0 Å². The quantitative estimate of drug-likeness (QED) is 0.678. The van der Waals surface area contributed by atoms with Crippen molar-refractivity contribution in [3.63, 3.8) is 0 Å². The average molecular weight is 340 g/mol. The fraction of sp³-hybridized carbons (Fsp3) is 0. The predicted octanol–water partition coefficient (Wildman–Crippen LogP) is 1.32. The Bertz CT molecular complexity index is 920. The van der Waals surface area contributed by atoms with E-state index in [9.17, 15) is 19.5 Å². The molecule has 9 heteroatoms. The van der Waals surface area contributed by atoms with Gasteiger partial charge in [0.05, 0.1) is 21.8 Å². The van der Waals surface area contributed by atoms with Crippen LogP contribution in [0.25, 0.3) is 5.69 Å². The number of nitrogens with one attached hydrogen (secondary N) is 1. The van der Waals surface area contributed by atoms with Gasteiger partial charge in [-0.05, 0) is 12.1 Å². The summed E-state index contributed by atoms with van der Waals surface area (Å²) in [5.74, 6) is -2.03. The van der Waals surface area contributed by atoms with Crippen LogP contribution in [0.1, 0.15) is 20.7 Å². The summed E-state index contributed by atoms with van der Waals surface area (Å²) in [6.45, 7) is 0. The minimum atomic E-state index is -0.723. The molecular formula is C13H7Cl2N3O4. The van der Waals surface area contributed by atoms with Crippen LogP contribution in [0.4, 0.5) is 5.82 Å². The number of imide groups is 1. The summed E-state index contributed by atoms with van der Waals surface area (Å²) < 4.78 is 0.876. The van der Waals surface area contributed by atoms with Crippen LogP contribution in [-0.4, -0.2) is 21.5 Å². The fourth-order valence-corrected chi connectivity index (χ4v) is 2.78. The first kappa shape index (κ1) is 14.4. The number of hydrogen-bond donors (Lipinski definition) is 3. The minimum absolute atomic E-state index is 0.0429. The highest BCUT2D eigenvalue weighted by Gasteiger charge is 2.32. The number of halogens is 2. The molecule has 1 aliphatic rings. The third kappa shape index (κ3) is 1.87. The molecule has 2 heterocycles. The summed E-state index contributed by atoms with van der Waals surface area (Å²) in [4.78, 5) is 35.6. The van der Waals surface area contributed by atoms with E-state index in [2.05, 4.69) is 0 Å². The summed E-state index contributed by atoms with van der Waals surface area (Å²) in [6, 6.07) is 3.53. The van der Waals surface area contributed by atoms with Crippen molar-refractivity contribution in [1.82, 2.24) is 9.88 Å². The van der Waals surface area contributed by atoms with Crippen LogP contribution in [-0.2, 0) is 0 Å². The van der Waals surface area contributed by atoms with Crippen molar-refractivity contribution in [2.45, 2.75) is 0 Å². The van der Waals surface area contributed by atoms with Gasteiger partial charge in [-0.25, -0.2) is 0 Å². The Labute approximate surface area is 132 Å². The molecule has 0 unspecified atom stereocenters. The zero-order valence-electron chi connectivity index (χ0n) is 10.7. The van der Waals surface area contributed by atoms with Gasteiger partial charge >= 0.3 is 0 Å². The highest BCUT2D eigenvalue weighted by atomic mass is 35.5. The number of fused-ring (bicyclic) bond motifs is 1. The Morgan fingerprint density at radius 2 is 1.82 bits per heavy atom. The van der Waals surface area contributed by atoms with E-state index >= 15 is 0 Å². The van der Waals surface area contributed by atoms with Crippen molar-refractivity contribution in [1.29, 1.82) is 0 Å². The lowest BCUT2D eigenvalue weighted by molar-refractivity contribution is 0.0880. The lowest BCUT2D eigenvalue weighted by Gasteiger charge is -2.15. The molecule has 7 nitrogen and oxygen atoms in total. The zero-order valence-corrected chi connectivity index (χ0v) is 12.2. The normalized spacial score (nSPS) is 13.2. The Kier molecular flexibility index (Phi) is 3.12. The monoisotopic (exact) mass is 339 g/mol. The Hall–Kier alpha value is -2.51. The molecule has 0 bridgehead atoms. The number of nitrogen functional groups attached to an aromatic ring is 1. The maximum atomic E-state index is 12.3.